The maximum Gasteiger partial charge on any atom is 0.346 e. The van der Waals surface area contributed by atoms with Gasteiger partial charge in [0.2, 0.25) is 0 Å². The van der Waals surface area contributed by atoms with Gasteiger partial charge in [-0.1, -0.05) is 11.6 Å². The maximum atomic E-state index is 12.7. The van der Waals surface area contributed by atoms with E-state index in [2.05, 4.69) is 0 Å². The number of halogens is 1. The summed E-state index contributed by atoms with van der Waals surface area (Å²) in [6.07, 6.45) is 0. The van der Waals surface area contributed by atoms with Gasteiger partial charge in [-0.3, -0.25) is 14.7 Å². The number of nitro benzene ring substituents is 1. The summed E-state index contributed by atoms with van der Waals surface area (Å²) in [5.41, 5.74) is 0.528. The Hall–Kier alpha value is -0.980. The van der Waals surface area contributed by atoms with Crippen LogP contribution in [0.5, 0.6) is 0 Å². The van der Waals surface area contributed by atoms with E-state index < -0.39 is 12.6 Å². The lowest BCUT2D eigenvalue weighted by Gasteiger charge is -2.19. The summed E-state index contributed by atoms with van der Waals surface area (Å²) in [6.45, 7) is 3.27. The lowest BCUT2D eigenvalue weighted by molar-refractivity contribution is -0.384. The molecule has 2 aliphatic rings. The fourth-order valence-corrected chi connectivity index (χ4v) is 4.35. The molecule has 0 spiro atoms. The molecule has 1 aromatic rings. The van der Waals surface area contributed by atoms with Crippen LogP contribution in [0, 0.1) is 10.1 Å². The van der Waals surface area contributed by atoms with Gasteiger partial charge in [-0.2, -0.15) is 0 Å². The molecule has 2 fully saturated rings. The minimum atomic E-state index is -2.86. The molecule has 0 radical (unpaired) electrons. The van der Waals surface area contributed by atoms with Gasteiger partial charge in [-0.15, -0.1) is 0 Å². The third kappa shape index (κ3) is 2.73. The van der Waals surface area contributed by atoms with Gasteiger partial charge in [-0.25, -0.2) is 9.34 Å². The first-order valence-corrected chi connectivity index (χ1v) is 8.10. The van der Waals surface area contributed by atoms with E-state index in [0.717, 1.165) is 26.2 Å². The number of benzene rings is 1. The summed E-state index contributed by atoms with van der Waals surface area (Å²) < 4.78 is 21.9. The molecule has 0 N–H and O–H groups in total. The van der Waals surface area contributed by atoms with Crippen LogP contribution in [-0.4, -0.2) is 40.4 Å². The predicted octanol–water partition coefficient (Wildman–Crippen LogP) is 2.50. The van der Waals surface area contributed by atoms with Crippen molar-refractivity contribution in [2.45, 2.75) is 6.61 Å². The van der Waals surface area contributed by atoms with E-state index in [1.54, 1.807) is 6.07 Å². The Balaban J connectivity index is 1.70. The third-order valence-corrected chi connectivity index (χ3v) is 6.17. The van der Waals surface area contributed by atoms with Crippen molar-refractivity contribution >= 4 is 25.0 Å². The first kappa shape index (κ1) is 14.0. The largest absolute Gasteiger partial charge is 0.346 e. The molecular weight excluding hydrogens is 305 g/mol. The van der Waals surface area contributed by atoms with Crippen LogP contribution in [0.1, 0.15) is 5.56 Å². The number of hydrogen-bond donors (Lipinski definition) is 0. The van der Waals surface area contributed by atoms with E-state index in [0.29, 0.717) is 5.56 Å². The van der Waals surface area contributed by atoms with Gasteiger partial charge in [-0.05, 0) is 17.7 Å². The minimum Gasteiger partial charge on any atom is -0.301 e. The molecule has 0 bridgehead atoms. The average molecular weight is 318 g/mol. The highest BCUT2D eigenvalue weighted by molar-refractivity contribution is 7.54. The molecular formula is C11H13ClN3O4P. The summed E-state index contributed by atoms with van der Waals surface area (Å²) in [7, 11) is -2.86. The number of nitro groups is 1. The molecule has 20 heavy (non-hydrogen) atoms. The summed E-state index contributed by atoms with van der Waals surface area (Å²) in [4.78, 5) is 10.1. The topological polar surface area (TPSA) is 75.5 Å². The van der Waals surface area contributed by atoms with E-state index >= 15 is 0 Å². The minimum absolute atomic E-state index is 0.0596. The Morgan fingerprint density at radius 2 is 1.90 bits per heavy atom. The number of hydrogen-bond acceptors (Lipinski definition) is 4. The smallest absolute Gasteiger partial charge is 0.301 e. The van der Waals surface area contributed by atoms with Crippen LogP contribution in [0.3, 0.4) is 0 Å². The van der Waals surface area contributed by atoms with E-state index in [1.165, 1.54) is 12.1 Å². The molecule has 2 saturated heterocycles. The molecule has 1 aromatic carbocycles. The van der Waals surface area contributed by atoms with Crippen molar-refractivity contribution in [1.82, 2.24) is 9.34 Å². The normalized spacial score (nSPS) is 19.1. The summed E-state index contributed by atoms with van der Waals surface area (Å²) in [5.74, 6) is 0. The molecule has 0 saturated carbocycles. The lowest BCUT2D eigenvalue weighted by atomic mass is 10.2. The first-order chi connectivity index (χ1) is 9.50. The van der Waals surface area contributed by atoms with Gasteiger partial charge < -0.3 is 4.52 Å². The van der Waals surface area contributed by atoms with Gasteiger partial charge in [0.05, 0.1) is 11.5 Å². The van der Waals surface area contributed by atoms with Crippen LogP contribution < -0.4 is 0 Å². The summed E-state index contributed by atoms with van der Waals surface area (Å²) >= 11 is 5.84. The average Bonchev–Trinajstić information content (AvgIpc) is 3.28. The van der Waals surface area contributed by atoms with Crippen LogP contribution >= 0.6 is 19.3 Å². The predicted molar refractivity (Wildman–Crippen MR) is 73.6 cm³/mol. The van der Waals surface area contributed by atoms with Crippen LogP contribution in [0.15, 0.2) is 18.2 Å². The second kappa shape index (κ2) is 5.09. The maximum absolute atomic E-state index is 12.7. The molecule has 0 atom stereocenters. The van der Waals surface area contributed by atoms with Crippen LogP contribution in [0.25, 0.3) is 0 Å². The quantitative estimate of drug-likeness (QED) is 0.347. The molecule has 0 aliphatic carbocycles. The molecule has 9 heteroatoms. The van der Waals surface area contributed by atoms with E-state index in [4.69, 9.17) is 16.1 Å². The zero-order valence-corrected chi connectivity index (χ0v) is 12.2. The standard InChI is InChI=1S/C11H13ClN3O4P/c12-10-7-9(1-2-11(10)15(16)17)8-19-20(18,13-3-4-13)14-5-6-14/h1-2,7H,3-6,8H2. The fourth-order valence-electron chi connectivity index (χ4n) is 1.88. The Morgan fingerprint density at radius 1 is 1.30 bits per heavy atom. The van der Waals surface area contributed by atoms with Crippen molar-refractivity contribution in [2.75, 3.05) is 26.2 Å². The third-order valence-electron chi connectivity index (χ3n) is 3.17. The van der Waals surface area contributed by atoms with E-state index in [9.17, 15) is 14.7 Å². The van der Waals surface area contributed by atoms with Gasteiger partial charge in [0.1, 0.15) is 5.02 Å². The number of rotatable bonds is 6. The monoisotopic (exact) mass is 317 g/mol. The molecule has 7 nitrogen and oxygen atoms in total. The van der Waals surface area contributed by atoms with Gasteiger partial charge >= 0.3 is 7.67 Å². The highest BCUT2D eigenvalue weighted by atomic mass is 35.5. The second-order valence-corrected chi connectivity index (χ2v) is 7.49. The van der Waals surface area contributed by atoms with Crippen molar-refractivity contribution < 1.29 is 14.0 Å². The summed E-state index contributed by atoms with van der Waals surface area (Å²) in [5, 5.41) is 10.7. The van der Waals surface area contributed by atoms with Crippen LogP contribution in [0.2, 0.25) is 5.02 Å². The molecule has 2 heterocycles. The zero-order chi connectivity index (χ0) is 14.3. The highest BCUT2D eigenvalue weighted by Crippen LogP contribution is 2.61. The van der Waals surface area contributed by atoms with Crippen molar-refractivity contribution in [3.05, 3.63) is 38.9 Å². The Kier molecular flexibility index (Phi) is 3.56. The summed E-state index contributed by atoms with van der Waals surface area (Å²) in [6, 6.07) is 4.38. The second-order valence-electron chi connectivity index (χ2n) is 4.71. The Morgan fingerprint density at radius 3 is 2.35 bits per heavy atom. The molecule has 108 valence electrons. The molecule has 2 aliphatic heterocycles. The van der Waals surface area contributed by atoms with Crippen molar-refractivity contribution in [3.8, 4) is 0 Å². The van der Waals surface area contributed by atoms with E-state index in [-0.39, 0.29) is 17.3 Å². The van der Waals surface area contributed by atoms with Crippen LogP contribution in [0.4, 0.5) is 5.69 Å². The van der Waals surface area contributed by atoms with Gasteiger partial charge in [0, 0.05) is 32.2 Å². The van der Waals surface area contributed by atoms with Crippen molar-refractivity contribution in [2.24, 2.45) is 0 Å². The lowest BCUT2D eigenvalue weighted by Crippen LogP contribution is -2.08. The SMILES string of the molecule is O=[N+]([O-])c1ccc(COP(=O)(N2CC2)N2CC2)cc1Cl. The molecule has 0 amide bonds. The van der Waals surface area contributed by atoms with Crippen LogP contribution in [-0.2, 0) is 15.7 Å². The van der Waals surface area contributed by atoms with Crippen molar-refractivity contribution in [3.63, 3.8) is 0 Å². The first-order valence-electron chi connectivity index (χ1n) is 6.19. The number of nitrogens with zero attached hydrogens (tertiary/aromatic N) is 3. The van der Waals surface area contributed by atoms with Gasteiger partial charge in [0.25, 0.3) is 5.69 Å². The molecule has 3 rings (SSSR count). The Bertz CT molecular complexity index is 587. The van der Waals surface area contributed by atoms with Crippen molar-refractivity contribution in [1.29, 1.82) is 0 Å². The molecule has 0 aromatic heterocycles. The zero-order valence-electron chi connectivity index (χ0n) is 10.6. The Labute approximate surface area is 120 Å². The van der Waals surface area contributed by atoms with Gasteiger partial charge in [0.15, 0.2) is 0 Å². The van der Waals surface area contributed by atoms with E-state index in [1.807, 2.05) is 9.34 Å². The highest BCUT2D eigenvalue weighted by Gasteiger charge is 2.49. The fraction of sp³-hybridized carbons (Fsp3) is 0.455. The molecule has 0 unspecified atom stereocenters.